The Labute approximate surface area is 207 Å². The number of rotatable bonds is 8. The van der Waals surface area contributed by atoms with Crippen molar-refractivity contribution in [3.63, 3.8) is 0 Å². The smallest absolute Gasteiger partial charge is 0.283 e. The molecule has 3 aromatic rings. The minimum atomic E-state index is -0.673. The molecule has 8 nitrogen and oxygen atoms in total. The number of hydrogen-bond acceptors (Lipinski definition) is 6. The highest BCUT2D eigenvalue weighted by atomic mass is 35.5. The molecule has 2 N–H and O–H groups in total. The number of nitrogens with one attached hydrogen (secondary N) is 2. The zero-order valence-electron chi connectivity index (χ0n) is 19.0. The van der Waals surface area contributed by atoms with E-state index in [9.17, 15) is 14.4 Å². The van der Waals surface area contributed by atoms with E-state index in [4.69, 9.17) is 21.1 Å². The van der Waals surface area contributed by atoms with Crippen LogP contribution in [0.4, 0.5) is 17.1 Å². The predicted octanol–water partition coefficient (Wildman–Crippen LogP) is 4.78. The molecule has 1 heterocycles. The van der Waals surface area contributed by atoms with Gasteiger partial charge in [0.1, 0.15) is 22.2 Å². The molecule has 1 aliphatic rings. The highest BCUT2D eigenvalue weighted by Gasteiger charge is 2.40. The van der Waals surface area contributed by atoms with Crippen LogP contribution in [0.5, 0.6) is 11.5 Å². The van der Waals surface area contributed by atoms with Gasteiger partial charge in [-0.3, -0.25) is 14.4 Å². The van der Waals surface area contributed by atoms with Gasteiger partial charge in [0.2, 0.25) is 0 Å². The van der Waals surface area contributed by atoms with Crippen molar-refractivity contribution in [3.8, 4) is 11.5 Å². The monoisotopic (exact) mass is 491 g/mol. The largest absolute Gasteiger partial charge is 0.495 e. The Morgan fingerprint density at radius 2 is 1.69 bits per heavy atom. The summed E-state index contributed by atoms with van der Waals surface area (Å²) >= 11 is 6.23. The molecule has 0 aliphatic carbocycles. The van der Waals surface area contributed by atoms with E-state index >= 15 is 0 Å². The molecule has 0 unspecified atom stereocenters. The number of amides is 3. The zero-order valence-corrected chi connectivity index (χ0v) is 19.8. The number of imide groups is 1. The number of hydrogen-bond donors (Lipinski definition) is 2. The minimum Gasteiger partial charge on any atom is -0.495 e. The lowest BCUT2D eigenvalue weighted by molar-refractivity contribution is -0.120. The maximum absolute atomic E-state index is 13.1. The molecule has 3 amide bonds. The molecule has 3 aromatic carbocycles. The summed E-state index contributed by atoms with van der Waals surface area (Å²) in [6.07, 6.45) is 0. The molecule has 35 heavy (non-hydrogen) atoms. The van der Waals surface area contributed by atoms with Gasteiger partial charge < -0.3 is 20.1 Å². The standard InChI is InChI=1S/C26H22ClN3O5/c1-3-35-19-13-11-17(12-14-19)29-24(31)16-7-6-8-18(15-16)28-23-22(27)25(32)30(26(23)33)20-9-4-5-10-21(20)34-2/h4-15,28H,3H2,1-2H3,(H,29,31). The van der Waals surface area contributed by atoms with E-state index in [2.05, 4.69) is 10.6 Å². The predicted molar refractivity (Wildman–Crippen MR) is 134 cm³/mol. The summed E-state index contributed by atoms with van der Waals surface area (Å²) in [5, 5.41) is 5.44. The van der Waals surface area contributed by atoms with Crippen LogP contribution in [-0.2, 0) is 9.59 Å². The Morgan fingerprint density at radius 3 is 2.40 bits per heavy atom. The van der Waals surface area contributed by atoms with Crippen LogP contribution in [0, 0.1) is 0 Å². The number of benzene rings is 3. The summed E-state index contributed by atoms with van der Waals surface area (Å²) in [6.45, 7) is 2.45. The number of ether oxygens (including phenoxy) is 2. The van der Waals surface area contributed by atoms with E-state index in [1.54, 1.807) is 72.8 Å². The molecule has 0 saturated heterocycles. The van der Waals surface area contributed by atoms with E-state index in [1.165, 1.54) is 7.11 Å². The van der Waals surface area contributed by atoms with Gasteiger partial charge in [-0.05, 0) is 61.5 Å². The topological polar surface area (TPSA) is 97.0 Å². The lowest BCUT2D eigenvalue weighted by Crippen LogP contribution is -2.32. The molecule has 0 spiro atoms. The third-order valence-electron chi connectivity index (χ3n) is 5.17. The third-order valence-corrected chi connectivity index (χ3v) is 5.52. The van der Waals surface area contributed by atoms with Gasteiger partial charge in [-0.1, -0.05) is 29.8 Å². The Bertz CT molecular complexity index is 1320. The number of carbonyl (C=O) groups excluding carboxylic acids is 3. The fourth-order valence-corrected chi connectivity index (χ4v) is 3.74. The quantitative estimate of drug-likeness (QED) is 0.440. The lowest BCUT2D eigenvalue weighted by atomic mass is 10.1. The summed E-state index contributed by atoms with van der Waals surface area (Å²) in [6, 6.07) is 20.2. The summed E-state index contributed by atoms with van der Waals surface area (Å²) in [4.78, 5) is 39.6. The van der Waals surface area contributed by atoms with Crippen LogP contribution in [0.25, 0.3) is 0 Å². The van der Waals surface area contributed by atoms with Gasteiger partial charge in [-0.25, -0.2) is 4.90 Å². The number of anilines is 3. The fourth-order valence-electron chi connectivity index (χ4n) is 3.53. The molecule has 0 aromatic heterocycles. The SMILES string of the molecule is CCOc1ccc(NC(=O)c2cccc(NC3=C(Cl)C(=O)N(c4ccccc4OC)C3=O)c2)cc1. The van der Waals surface area contributed by atoms with Crippen LogP contribution in [0.15, 0.2) is 83.5 Å². The second-order valence-corrected chi connectivity index (χ2v) is 7.80. The van der Waals surface area contributed by atoms with Crippen molar-refractivity contribution in [2.45, 2.75) is 6.92 Å². The molecular weight excluding hydrogens is 470 g/mol. The second kappa shape index (κ2) is 10.3. The molecule has 0 atom stereocenters. The van der Waals surface area contributed by atoms with Gasteiger partial charge in [0.25, 0.3) is 17.7 Å². The first kappa shape index (κ1) is 23.8. The van der Waals surface area contributed by atoms with Crippen LogP contribution in [0.3, 0.4) is 0 Å². The van der Waals surface area contributed by atoms with Crippen molar-refractivity contribution >= 4 is 46.4 Å². The van der Waals surface area contributed by atoms with Gasteiger partial charge >= 0.3 is 0 Å². The Balaban J connectivity index is 1.51. The molecule has 1 aliphatic heterocycles. The van der Waals surface area contributed by atoms with Crippen LogP contribution in [0.1, 0.15) is 17.3 Å². The average Bonchev–Trinajstić information content (AvgIpc) is 3.08. The highest BCUT2D eigenvalue weighted by molar-refractivity contribution is 6.53. The van der Waals surface area contributed by atoms with Crippen LogP contribution in [0.2, 0.25) is 0 Å². The third kappa shape index (κ3) is 4.97. The van der Waals surface area contributed by atoms with E-state index in [-0.39, 0.29) is 22.3 Å². The van der Waals surface area contributed by atoms with E-state index in [0.717, 1.165) is 4.90 Å². The van der Waals surface area contributed by atoms with E-state index in [0.29, 0.717) is 35.0 Å². The van der Waals surface area contributed by atoms with Crippen molar-refractivity contribution in [2.75, 3.05) is 29.3 Å². The lowest BCUT2D eigenvalue weighted by Gasteiger charge is -2.18. The van der Waals surface area contributed by atoms with Crippen molar-refractivity contribution in [2.24, 2.45) is 0 Å². The first-order chi connectivity index (χ1) is 16.9. The number of para-hydroxylation sites is 2. The molecule has 0 radical (unpaired) electrons. The minimum absolute atomic E-state index is 0.0911. The number of halogens is 1. The maximum atomic E-state index is 13.1. The van der Waals surface area contributed by atoms with E-state index in [1.807, 2.05) is 6.92 Å². The summed E-state index contributed by atoms with van der Waals surface area (Å²) < 4.78 is 10.7. The molecule has 178 valence electrons. The highest BCUT2D eigenvalue weighted by Crippen LogP contribution is 2.35. The van der Waals surface area contributed by atoms with Gasteiger partial charge in [-0.15, -0.1) is 0 Å². The molecule has 4 rings (SSSR count). The number of methoxy groups -OCH3 is 1. The van der Waals surface area contributed by atoms with Crippen molar-refractivity contribution in [1.29, 1.82) is 0 Å². The molecule has 0 bridgehead atoms. The number of carbonyl (C=O) groups is 3. The molecule has 0 fully saturated rings. The summed E-state index contributed by atoms with van der Waals surface area (Å²) in [7, 11) is 1.45. The maximum Gasteiger partial charge on any atom is 0.283 e. The first-order valence-corrected chi connectivity index (χ1v) is 11.1. The fraction of sp³-hybridized carbons (Fsp3) is 0.115. The Morgan fingerprint density at radius 1 is 0.943 bits per heavy atom. The first-order valence-electron chi connectivity index (χ1n) is 10.8. The molecule has 0 saturated carbocycles. The van der Waals surface area contributed by atoms with Crippen molar-refractivity contribution in [1.82, 2.24) is 0 Å². The van der Waals surface area contributed by atoms with Gasteiger partial charge in [-0.2, -0.15) is 0 Å². The second-order valence-electron chi connectivity index (χ2n) is 7.42. The van der Waals surface area contributed by atoms with Gasteiger partial charge in [0.05, 0.1) is 19.4 Å². The summed E-state index contributed by atoms with van der Waals surface area (Å²) in [5.74, 6) is -0.586. The normalized spacial score (nSPS) is 13.2. The van der Waals surface area contributed by atoms with Crippen molar-refractivity contribution in [3.05, 3.63) is 89.1 Å². The van der Waals surface area contributed by atoms with E-state index < -0.39 is 11.8 Å². The Kier molecular flexibility index (Phi) is 7.03. The van der Waals surface area contributed by atoms with Crippen LogP contribution < -0.4 is 25.0 Å². The summed E-state index contributed by atoms with van der Waals surface area (Å²) in [5.41, 5.74) is 1.56. The molecule has 9 heteroatoms. The average molecular weight is 492 g/mol. The van der Waals surface area contributed by atoms with Crippen LogP contribution >= 0.6 is 11.6 Å². The van der Waals surface area contributed by atoms with Gasteiger partial charge in [0.15, 0.2) is 0 Å². The van der Waals surface area contributed by atoms with Crippen molar-refractivity contribution < 1.29 is 23.9 Å². The Hall–Kier alpha value is -4.30. The number of nitrogens with zero attached hydrogens (tertiary/aromatic N) is 1. The zero-order chi connectivity index (χ0) is 24.9. The van der Waals surface area contributed by atoms with Crippen LogP contribution in [-0.4, -0.2) is 31.4 Å². The van der Waals surface area contributed by atoms with Gasteiger partial charge in [0, 0.05) is 16.9 Å². The molecular formula is C26H22ClN3O5.